The number of nitrogen functional groups attached to an aromatic ring is 1. The lowest BCUT2D eigenvalue weighted by Gasteiger charge is -2.36. The molecule has 0 saturated carbocycles. The second-order valence-corrected chi connectivity index (χ2v) is 6.44. The Kier molecular flexibility index (Phi) is 15.6. The van der Waals surface area contributed by atoms with E-state index in [0.717, 1.165) is 12.5 Å². The fourth-order valence-electron chi connectivity index (χ4n) is 2.88. The van der Waals surface area contributed by atoms with Gasteiger partial charge in [0.15, 0.2) is 11.6 Å². The lowest BCUT2D eigenvalue weighted by atomic mass is 10.0. The normalized spacial score (nSPS) is 16.8. The summed E-state index contributed by atoms with van der Waals surface area (Å²) in [5.74, 6) is -1.55. The molecule has 0 amide bonds. The Morgan fingerprint density at radius 2 is 1.87 bits per heavy atom. The van der Waals surface area contributed by atoms with Crippen LogP contribution in [-0.4, -0.2) is 23.8 Å². The number of nitrogens with zero attached hydrogens (tertiary/aromatic N) is 1. The third-order valence-corrected chi connectivity index (χ3v) is 4.10. The Morgan fingerprint density at radius 1 is 1.30 bits per heavy atom. The molecule has 172 valence electrons. The van der Waals surface area contributed by atoms with E-state index >= 15 is 0 Å². The minimum Gasteiger partial charge on any atom is -0.396 e. The Morgan fingerprint density at radius 3 is 2.33 bits per heavy atom. The number of carbonyl (C=O) groups excluding carboxylic acids is 1. The highest BCUT2D eigenvalue weighted by molar-refractivity contribution is 5.94. The van der Waals surface area contributed by atoms with Crippen molar-refractivity contribution in [2.75, 3.05) is 18.9 Å². The van der Waals surface area contributed by atoms with Crippen LogP contribution in [0.1, 0.15) is 79.9 Å². The number of Topliss-reactive ketones (excluding diaryl/α,β-unsaturated/α-hetero) is 1. The SMILES string of the molecule is C.C=CN1CC(c2c(F)ccc(N)c2F)OC/C1=C(/CCC)C(C)=O.CC.CCC. The maximum absolute atomic E-state index is 14.2. The molecule has 1 fully saturated rings. The van der Waals surface area contributed by atoms with Gasteiger partial charge in [0.25, 0.3) is 0 Å². The monoisotopic (exact) mass is 426 g/mol. The summed E-state index contributed by atoms with van der Waals surface area (Å²) in [5, 5.41) is 0. The number of hydrogen-bond donors (Lipinski definition) is 1. The van der Waals surface area contributed by atoms with Gasteiger partial charge in [-0.25, -0.2) is 8.78 Å². The molecule has 1 heterocycles. The quantitative estimate of drug-likeness (QED) is 0.416. The van der Waals surface area contributed by atoms with Crippen LogP contribution >= 0.6 is 0 Å². The molecule has 30 heavy (non-hydrogen) atoms. The molecular formula is C24H40F2N2O2. The summed E-state index contributed by atoms with van der Waals surface area (Å²) in [7, 11) is 0. The fraction of sp³-hybridized carbons (Fsp3) is 0.542. The molecule has 4 nitrogen and oxygen atoms in total. The van der Waals surface area contributed by atoms with Crippen molar-refractivity contribution in [2.45, 2.75) is 74.3 Å². The maximum Gasteiger partial charge on any atom is 0.157 e. The van der Waals surface area contributed by atoms with Crippen LogP contribution in [0.2, 0.25) is 0 Å². The van der Waals surface area contributed by atoms with Gasteiger partial charge in [-0.1, -0.05) is 61.5 Å². The van der Waals surface area contributed by atoms with Crippen molar-refractivity contribution in [1.82, 2.24) is 4.90 Å². The number of hydrogen-bond acceptors (Lipinski definition) is 4. The molecule has 1 atom stereocenters. The second kappa shape index (κ2) is 15.6. The molecule has 0 radical (unpaired) electrons. The predicted molar refractivity (Wildman–Crippen MR) is 123 cm³/mol. The summed E-state index contributed by atoms with van der Waals surface area (Å²) < 4.78 is 34.0. The fourth-order valence-corrected chi connectivity index (χ4v) is 2.88. The second-order valence-electron chi connectivity index (χ2n) is 6.44. The average molecular weight is 427 g/mol. The van der Waals surface area contributed by atoms with Crippen LogP contribution in [0.3, 0.4) is 0 Å². The van der Waals surface area contributed by atoms with Crippen LogP contribution in [0.25, 0.3) is 0 Å². The molecule has 0 aromatic heterocycles. The van der Waals surface area contributed by atoms with E-state index in [4.69, 9.17) is 10.5 Å². The molecule has 0 bridgehead atoms. The standard InChI is InChI=1S/C18H22F2N2O2.C3H8.C2H6.CH4/c1-4-6-12(11(3)23)15-10-24-16(9-22(15)5-2)17-13(19)7-8-14(21)18(17)20;1-3-2;1-2;/h5,7-8,16H,2,4,6,9-10,21H2,1,3H3;3H2,1-2H3;1-2H3;1H4/b15-12+;;;. The summed E-state index contributed by atoms with van der Waals surface area (Å²) in [6.07, 6.45) is 3.39. The third kappa shape index (κ3) is 7.90. The number of benzene rings is 1. The molecule has 2 rings (SSSR count). The van der Waals surface area contributed by atoms with E-state index in [-0.39, 0.29) is 37.6 Å². The molecule has 0 aliphatic carbocycles. The van der Waals surface area contributed by atoms with Crippen LogP contribution in [0.15, 0.2) is 36.2 Å². The van der Waals surface area contributed by atoms with E-state index in [1.807, 2.05) is 20.8 Å². The first-order valence-electron chi connectivity index (χ1n) is 10.3. The number of allylic oxidation sites excluding steroid dienone is 1. The van der Waals surface area contributed by atoms with Crippen LogP contribution in [-0.2, 0) is 9.53 Å². The van der Waals surface area contributed by atoms with Gasteiger partial charge >= 0.3 is 0 Å². The number of carbonyl (C=O) groups is 1. The van der Waals surface area contributed by atoms with Crippen molar-refractivity contribution < 1.29 is 18.3 Å². The van der Waals surface area contributed by atoms with Crippen LogP contribution < -0.4 is 5.73 Å². The Labute approximate surface area is 181 Å². The molecule has 2 N–H and O–H groups in total. The molecule has 1 aliphatic rings. The maximum atomic E-state index is 14.2. The van der Waals surface area contributed by atoms with E-state index in [0.29, 0.717) is 17.7 Å². The van der Waals surface area contributed by atoms with E-state index in [9.17, 15) is 13.6 Å². The van der Waals surface area contributed by atoms with Crippen molar-refractivity contribution >= 4 is 11.5 Å². The van der Waals surface area contributed by atoms with Crippen molar-refractivity contribution in [1.29, 1.82) is 0 Å². The Bertz CT molecular complexity index is 703. The largest absolute Gasteiger partial charge is 0.396 e. The molecule has 0 spiro atoms. The number of ketones is 1. The van der Waals surface area contributed by atoms with Gasteiger partial charge in [-0.2, -0.15) is 0 Å². The van der Waals surface area contributed by atoms with Gasteiger partial charge in [-0.05, 0) is 31.7 Å². The van der Waals surface area contributed by atoms with E-state index < -0.39 is 17.7 Å². The summed E-state index contributed by atoms with van der Waals surface area (Å²) in [6, 6.07) is 2.31. The Balaban J connectivity index is 0. The molecule has 1 unspecified atom stereocenters. The number of halogens is 2. The first kappa shape index (κ1) is 30.0. The van der Waals surface area contributed by atoms with Crippen molar-refractivity contribution in [3.63, 3.8) is 0 Å². The number of morpholine rings is 1. The van der Waals surface area contributed by atoms with E-state index in [2.05, 4.69) is 20.4 Å². The van der Waals surface area contributed by atoms with Gasteiger partial charge in [0.1, 0.15) is 11.9 Å². The summed E-state index contributed by atoms with van der Waals surface area (Å²) in [4.78, 5) is 13.6. The number of nitrogens with two attached hydrogens (primary N) is 1. The zero-order chi connectivity index (χ0) is 22.6. The van der Waals surface area contributed by atoms with Crippen molar-refractivity contribution in [2.24, 2.45) is 0 Å². The van der Waals surface area contributed by atoms with Crippen LogP contribution in [0.4, 0.5) is 14.5 Å². The van der Waals surface area contributed by atoms with Gasteiger partial charge in [0.2, 0.25) is 0 Å². The molecular weight excluding hydrogens is 386 g/mol. The molecule has 1 aliphatic heterocycles. The summed E-state index contributed by atoms with van der Waals surface area (Å²) in [6.45, 7) is 15.7. The van der Waals surface area contributed by atoms with Gasteiger partial charge in [-0.15, -0.1) is 0 Å². The minimum absolute atomic E-state index is 0. The van der Waals surface area contributed by atoms with Gasteiger partial charge in [0, 0.05) is 5.57 Å². The topological polar surface area (TPSA) is 55.6 Å². The first-order valence-corrected chi connectivity index (χ1v) is 10.3. The molecule has 1 aromatic rings. The first-order chi connectivity index (χ1) is 13.8. The summed E-state index contributed by atoms with van der Waals surface area (Å²) in [5.41, 5.74) is 6.56. The average Bonchev–Trinajstić information content (AvgIpc) is 2.71. The predicted octanol–water partition coefficient (Wildman–Crippen LogP) is 6.79. The van der Waals surface area contributed by atoms with Crippen molar-refractivity contribution in [3.8, 4) is 0 Å². The molecule has 1 saturated heterocycles. The lowest BCUT2D eigenvalue weighted by Crippen LogP contribution is -2.35. The number of rotatable bonds is 5. The van der Waals surface area contributed by atoms with Crippen LogP contribution in [0.5, 0.6) is 0 Å². The van der Waals surface area contributed by atoms with Gasteiger partial charge in [-0.3, -0.25) is 4.79 Å². The van der Waals surface area contributed by atoms with E-state index in [1.54, 1.807) is 11.1 Å². The van der Waals surface area contributed by atoms with E-state index in [1.165, 1.54) is 19.4 Å². The van der Waals surface area contributed by atoms with Gasteiger partial charge < -0.3 is 15.4 Å². The lowest BCUT2D eigenvalue weighted by molar-refractivity contribution is -0.114. The smallest absolute Gasteiger partial charge is 0.157 e. The zero-order valence-corrected chi connectivity index (χ0v) is 18.6. The highest BCUT2D eigenvalue weighted by Gasteiger charge is 2.31. The van der Waals surface area contributed by atoms with Crippen LogP contribution in [0, 0.1) is 11.6 Å². The highest BCUT2D eigenvalue weighted by atomic mass is 19.1. The number of anilines is 1. The van der Waals surface area contributed by atoms with Crippen molar-refractivity contribution in [3.05, 3.63) is 53.4 Å². The zero-order valence-electron chi connectivity index (χ0n) is 18.6. The van der Waals surface area contributed by atoms with Gasteiger partial charge in [0.05, 0.1) is 30.1 Å². The minimum atomic E-state index is -0.829. The Hall–Kier alpha value is -2.21. The summed E-state index contributed by atoms with van der Waals surface area (Å²) >= 11 is 0. The molecule has 6 heteroatoms. The third-order valence-electron chi connectivity index (χ3n) is 4.10. The highest BCUT2D eigenvalue weighted by Crippen LogP contribution is 2.33. The molecule has 1 aromatic carbocycles. The number of ether oxygens (including phenoxy) is 1.